The van der Waals surface area contributed by atoms with E-state index >= 15 is 0 Å². The van der Waals surface area contributed by atoms with E-state index in [-0.39, 0.29) is 29.3 Å². The van der Waals surface area contributed by atoms with Crippen molar-refractivity contribution in [2.75, 3.05) is 6.61 Å². The van der Waals surface area contributed by atoms with Gasteiger partial charge in [0.15, 0.2) is 12.0 Å². The number of hydrogen-bond acceptors (Lipinski definition) is 6. The van der Waals surface area contributed by atoms with E-state index in [1.165, 1.54) is 12.1 Å². The highest BCUT2D eigenvalue weighted by molar-refractivity contribution is 6.04. The molecule has 0 amide bonds. The first kappa shape index (κ1) is 21.1. The maximum absolute atomic E-state index is 11.8. The van der Waals surface area contributed by atoms with Crippen LogP contribution < -0.4 is 5.32 Å². The minimum Gasteiger partial charge on any atom is -0.508 e. The predicted molar refractivity (Wildman–Crippen MR) is 106 cm³/mol. The van der Waals surface area contributed by atoms with E-state index in [0.29, 0.717) is 12.7 Å². The fourth-order valence-electron chi connectivity index (χ4n) is 3.49. The average Bonchev–Trinajstić information content (AvgIpc) is 3.14. The van der Waals surface area contributed by atoms with Crippen LogP contribution in [0, 0.1) is 0 Å². The molecule has 2 aromatic carbocycles. The Hall–Kier alpha value is -3.65. The van der Waals surface area contributed by atoms with Crippen molar-refractivity contribution in [3.63, 3.8) is 0 Å². The first-order chi connectivity index (χ1) is 14.4. The molecule has 30 heavy (non-hydrogen) atoms. The summed E-state index contributed by atoms with van der Waals surface area (Å²) in [5.41, 5.74) is -0.952. The summed E-state index contributed by atoms with van der Waals surface area (Å²) < 4.78 is 5.63. The van der Waals surface area contributed by atoms with Gasteiger partial charge in [0.2, 0.25) is 5.54 Å². The molecule has 0 aromatic heterocycles. The van der Waals surface area contributed by atoms with Gasteiger partial charge in [-0.1, -0.05) is 48.5 Å². The van der Waals surface area contributed by atoms with Crippen LogP contribution in [0.5, 0.6) is 5.75 Å². The van der Waals surface area contributed by atoms with Gasteiger partial charge in [0.1, 0.15) is 5.75 Å². The number of allylic oxidation sites excluding steroid dienone is 1. The van der Waals surface area contributed by atoms with Crippen LogP contribution in [-0.2, 0) is 25.5 Å². The number of hydrogen-bond donors (Lipinski definition) is 4. The van der Waals surface area contributed by atoms with Crippen LogP contribution >= 0.6 is 0 Å². The molecule has 1 aliphatic rings. The second kappa shape index (κ2) is 8.79. The molecule has 8 heteroatoms. The van der Waals surface area contributed by atoms with Crippen LogP contribution in [0.15, 0.2) is 65.9 Å². The number of aldehydes is 1. The highest BCUT2D eigenvalue weighted by atomic mass is 16.5. The molecule has 0 radical (unpaired) electrons. The quantitative estimate of drug-likeness (QED) is 0.224. The summed E-state index contributed by atoms with van der Waals surface area (Å²) >= 11 is 0. The Balaban J connectivity index is 1.97. The number of ether oxygens (including phenoxy) is 1. The fraction of sp³-hybridized carbons (Fsp3) is 0.227. The molecular weight excluding hydrogens is 390 g/mol. The van der Waals surface area contributed by atoms with Gasteiger partial charge in [-0.15, -0.1) is 0 Å². The van der Waals surface area contributed by atoms with Crippen molar-refractivity contribution in [3.8, 4) is 5.75 Å². The summed E-state index contributed by atoms with van der Waals surface area (Å²) in [6, 6.07) is 14.5. The number of para-hydroxylation sites is 1. The zero-order valence-corrected chi connectivity index (χ0v) is 15.9. The number of benzene rings is 2. The Kier molecular flexibility index (Phi) is 6.17. The molecule has 2 aromatic rings. The van der Waals surface area contributed by atoms with Gasteiger partial charge in [-0.05, 0) is 17.2 Å². The van der Waals surface area contributed by atoms with E-state index in [1.54, 1.807) is 12.1 Å². The lowest BCUT2D eigenvalue weighted by molar-refractivity contribution is -0.158. The molecule has 0 spiro atoms. The van der Waals surface area contributed by atoms with Gasteiger partial charge >= 0.3 is 11.9 Å². The number of carbonyl (C=O) groups excluding carboxylic acids is 1. The van der Waals surface area contributed by atoms with E-state index in [2.05, 4.69) is 5.32 Å². The predicted octanol–water partition coefficient (Wildman–Crippen LogP) is 2.05. The van der Waals surface area contributed by atoms with E-state index < -0.39 is 29.9 Å². The summed E-state index contributed by atoms with van der Waals surface area (Å²) in [4.78, 5) is 35.4. The number of phenols is 1. The SMILES string of the molecule is O=C/C(OCCc1ccccc1)=C1/CC(C(=O)O)(C(=O)O)NC1c1ccccc1O. The molecule has 8 nitrogen and oxygen atoms in total. The van der Waals surface area contributed by atoms with Crippen molar-refractivity contribution in [1.29, 1.82) is 0 Å². The average molecular weight is 411 g/mol. The number of aromatic hydroxyl groups is 1. The summed E-state index contributed by atoms with van der Waals surface area (Å²) in [7, 11) is 0. The van der Waals surface area contributed by atoms with E-state index in [0.717, 1.165) is 5.56 Å². The third-order valence-corrected chi connectivity index (χ3v) is 5.09. The van der Waals surface area contributed by atoms with Crippen molar-refractivity contribution >= 4 is 18.2 Å². The number of rotatable bonds is 8. The maximum Gasteiger partial charge on any atom is 0.336 e. The van der Waals surface area contributed by atoms with Gasteiger partial charge in [0, 0.05) is 18.4 Å². The van der Waals surface area contributed by atoms with Crippen molar-refractivity contribution < 1.29 is 34.4 Å². The number of carbonyl (C=O) groups is 3. The van der Waals surface area contributed by atoms with Crippen molar-refractivity contribution in [3.05, 3.63) is 77.1 Å². The zero-order valence-electron chi connectivity index (χ0n) is 15.9. The minimum absolute atomic E-state index is 0.141. The molecule has 3 rings (SSSR count). The largest absolute Gasteiger partial charge is 0.508 e. The van der Waals surface area contributed by atoms with Crippen LogP contribution in [0.4, 0.5) is 0 Å². The molecule has 1 heterocycles. The van der Waals surface area contributed by atoms with Gasteiger partial charge in [-0.25, -0.2) is 9.59 Å². The molecule has 156 valence electrons. The lowest BCUT2D eigenvalue weighted by Gasteiger charge is -2.21. The standard InChI is InChI=1S/C22H21NO7/c24-13-18(30-11-10-14-6-2-1-3-7-14)16-12-22(20(26)27,21(28)29)23-19(16)15-8-4-5-9-17(15)25/h1-9,13,19,23,25H,10-12H2,(H,26,27)(H,28,29)/b18-16+. The van der Waals surface area contributed by atoms with Gasteiger partial charge < -0.3 is 20.1 Å². The Morgan fingerprint density at radius 3 is 2.30 bits per heavy atom. The molecule has 1 aliphatic heterocycles. The molecule has 1 atom stereocenters. The topological polar surface area (TPSA) is 133 Å². The van der Waals surface area contributed by atoms with Crippen LogP contribution in [0.2, 0.25) is 0 Å². The van der Waals surface area contributed by atoms with Crippen LogP contribution in [0.3, 0.4) is 0 Å². The van der Waals surface area contributed by atoms with Crippen molar-refractivity contribution in [2.24, 2.45) is 0 Å². The van der Waals surface area contributed by atoms with Gasteiger partial charge in [-0.2, -0.15) is 0 Å². The summed E-state index contributed by atoms with van der Waals surface area (Å²) in [6.45, 7) is 0.141. The van der Waals surface area contributed by atoms with Crippen LogP contribution in [-0.4, -0.2) is 45.7 Å². The number of carboxylic acid groups (broad SMARTS) is 2. The second-order valence-electron chi connectivity index (χ2n) is 6.92. The second-order valence-corrected chi connectivity index (χ2v) is 6.92. The minimum atomic E-state index is -2.35. The highest BCUT2D eigenvalue weighted by Crippen LogP contribution is 2.42. The number of phenolic OH excluding ortho intramolecular Hbond substituents is 1. The van der Waals surface area contributed by atoms with E-state index in [1.807, 2.05) is 30.3 Å². The van der Waals surface area contributed by atoms with E-state index in [9.17, 15) is 29.7 Å². The Morgan fingerprint density at radius 2 is 1.70 bits per heavy atom. The fourth-order valence-corrected chi connectivity index (χ4v) is 3.49. The molecule has 1 fully saturated rings. The normalized spacial score (nSPS) is 19.1. The first-order valence-electron chi connectivity index (χ1n) is 9.26. The number of nitrogens with one attached hydrogen (secondary N) is 1. The van der Waals surface area contributed by atoms with Crippen molar-refractivity contribution in [2.45, 2.75) is 24.4 Å². The van der Waals surface area contributed by atoms with E-state index in [4.69, 9.17) is 4.74 Å². The van der Waals surface area contributed by atoms with Crippen LogP contribution in [0.25, 0.3) is 0 Å². The lowest BCUT2D eigenvalue weighted by Crippen LogP contribution is -2.54. The van der Waals surface area contributed by atoms with Gasteiger partial charge in [-0.3, -0.25) is 10.1 Å². The summed E-state index contributed by atoms with van der Waals surface area (Å²) in [6.07, 6.45) is 0.452. The Morgan fingerprint density at radius 1 is 1.07 bits per heavy atom. The molecule has 1 unspecified atom stereocenters. The smallest absolute Gasteiger partial charge is 0.336 e. The van der Waals surface area contributed by atoms with Gasteiger partial charge in [0.05, 0.1) is 12.6 Å². The first-order valence-corrected chi connectivity index (χ1v) is 9.26. The molecular formula is C22H21NO7. The Labute approximate surface area is 172 Å². The maximum atomic E-state index is 11.8. The van der Waals surface area contributed by atoms with Crippen LogP contribution in [0.1, 0.15) is 23.6 Å². The molecule has 4 N–H and O–H groups in total. The molecule has 0 bridgehead atoms. The third kappa shape index (κ3) is 4.04. The summed E-state index contributed by atoms with van der Waals surface area (Å²) in [5, 5.41) is 32.0. The van der Waals surface area contributed by atoms with Gasteiger partial charge in [0.25, 0.3) is 0 Å². The monoisotopic (exact) mass is 411 g/mol. The number of aliphatic carboxylic acids is 2. The Bertz CT molecular complexity index is 970. The van der Waals surface area contributed by atoms with Crippen molar-refractivity contribution in [1.82, 2.24) is 5.32 Å². The lowest BCUT2D eigenvalue weighted by atomic mass is 9.93. The third-order valence-electron chi connectivity index (χ3n) is 5.09. The zero-order chi connectivity index (χ0) is 21.7. The summed E-state index contributed by atoms with van der Waals surface area (Å²) in [5.74, 6) is -3.50. The highest BCUT2D eigenvalue weighted by Gasteiger charge is 2.55. The molecule has 0 aliphatic carbocycles. The molecule has 1 saturated heterocycles. The molecule has 0 saturated carbocycles. The number of carboxylic acids is 2.